The molecule has 0 fully saturated rings. The summed E-state index contributed by atoms with van der Waals surface area (Å²) in [6.45, 7) is 4.58. The summed E-state index contributed by atoms with van der Waals surface area (Å²) >= 11 is 0. The number of nitrogens with one attached hydrogen (secondary N) is 2. The lowest BCUT2D eigenvalue weighted by Gasteiger charge is -2.16. The summed E-state index contributed by atoms with van der Waals surface area (Å²) < 4.78 is 61.3. The first-order valence-corrected chi connectivity index (χ1v) is 7.42. The van der Waals surface area contributed by atoms with Crippen LogP contribution in [0.5, 0.6) is 5.75 Å². The van der Waals surface area contributed by atoms with E-state index in [-0.39, 0.29) is 5.75 Å². The zero-order chi connectivity index (χ0) is 15.6. The van der Waals surface area contributed by atoms with Gasteiger partial charge in [-0.05, 0) is 24.1 Å². The molecule has 2 N–H and O–H groups in total. The second kappa shape index (κ2) is 5.90. The molecule has 1 aromatic rings. The Labute approximate surface area is 116 Å². The van der Waals surface area contributed by atoms with Gasteiger partial charge < -0.3 is 10.1 Å². The Morgan fingerprint density at radius 1 is 1.40 bits per heavy atom. The molecule has 114 valence electrons. The van der Waals surface area contributed by atoms with Crippen LogP contribution in [0.25, 0.3) is 0 Å². The highest BCUT2D eigenvalue weighted by Crippen LogP contribution is 2.35. The molecule has 0 unspecified atom stereocenters. The molecule has 0 saturated heterocycles. The van der Waals surface area contributed by atoms with Crippen molar-refractivity contribution in [2.24, 2.45) is 5.92 Å². The maximum atomic E-state index is 12.6. The van der Waals surface area contributed by atoms with Crippen molar-refractivity contribution in [3.8, 4) is 5.75 Å². The normalized spacial score (nSPS) is 14.9. The minimum absolute atomic E-state index is 0.132. The Kier molecular flexibility index (Phi) is 4.90. The molecule has 0 aliphatic carbocycles. The highest BCUT2D eigenvalue weighted by Gasteiger charge is 2.43. The van der Waals surface area contributed by atoms with E-state index in [0.29, 0.717) is 18.2 Å². The van der Waals surface area contributed by atoms with E-state index in [9.17, 15) is 17.4 Å². The zero-order valence-electron chi connectivity index (χ0n) is 11.4. The molecule has 1 rings (SSSR count). The van der Waals surface area contributed by atoms with Crippen molar-refractivity contribution in [1.82, 2.24) is 0 Å². The lowest BCUT2D eigenvalue weighted by molar-refractivity contribution is -0.0406. The number of methoxy groups -OCH3 is 1. The van der Waals surface area contributed by atoms with Crippen molar-refractivity contribution in [3.05, 3.63) is 18.2 Å². The summed E-state index contributed by atoms with van der Waals surface area (Å²) in [5, 5.41) is 3.02. The van der Waals surface area contributed by atoms with Crippen molar-refractivity contribution in [3.63, 3.8) is 0 Å². The maximum absolute atomic E-state index is 12.6. The van der Waals surface area contributed by atoms with Crippen molar-refractivity contribution < 1.29 is 22.1 Å². The van der Waals surface area contributed by atoms with E-state index in [2.05, 4.69) is 5.32 Å². The molecule has 0 aliphatic rings. The number of anilines is 1. The van der Waals surface area contributed by atoms with E-state index in [1.54, 1.807) is 0 Å². The third kappa shape index (κ3) is 3.56. The molecule has 0 aliphatic heterocycles. The summed E-state index contributed by atoms with van der Waals surface area (Å²) in [4.78, 5) is -0.614. The van der Waals surface area contributed by atoms with Gasteiger partial charge in [0, 0.05) is 6.54 Å². The summed E-state index contributed by atoms with van der Waals surface area (Å²) in [6, 6.07) is 3.37. The van der Waals surface area contributed by atoms with Gasteiger partial charge in [0.2, 0.25) is 0 Å². The van der Waals surface area contributed by atoms with Crippen LogP contribution in [0.15, 0.2) is 23.1 Å². The second-order valence-corrected chi connectivity index (χ2v) is 6.69. The van der Waals surface area contributed by atoms with Gasteiger partial charge in [0.25, 0.3) is 0 Å². The van der Waals surface area contributed by atoms with Gasteiger partial charge in [-0.15, -0.1) is 0 Å². The van der Waals surface area contributed by atoms with Gasteiger partial charge in [0.05, 0.1) is 17.7 Å². The maximum Gasteiger partial charge on any atom is 0.483 e. The van der Waals surface area contributed by atoms with Crippen LogP contribution in [0.1, 0.15) is 13.8 Å². The summed E-state index contributed by atoms with van der Waals surface area (Å²) in [5.74, 6) is 0.474. The van der Waals surface area contributed by atoms with E-state index in [0.717, 1.165) is 12.1 Å². The van der Waals surface area contributed by atoms with Crippen LogP contribution in [0, 0.1) is 10.7 Å². The predicted molar refractivity (Wildman–Crippen MR) is 71.5 cm³/mol. The number of hydrogen-bond acceptors (Lipinski definition) is 4. The van der Waals surface area contributed by atoms with E-state index in [4.69, 9.17) is 9.52 Å². The monoisotopic (exact) mass is 310 g/mol. The van der Waals surface area contributed by atoms with E-state index >= 15 is 0 Å². The first-order valence-electron chi connectivity index (χ1n) is 5.86. The molecule has 0 saturated carbocycles. The molecule has 8 heteroatoms. The quantitative estimate of drug-likeness (QED) is 0.872. The lowest BCUT2D eigenvalue weighted by Crippen LogP contribution is -2.22. The van der Waals surface area contributed by atoms with Crippen molar-refractivity contribution >= 4 is 15.4 Å². The number of halogens is 3. The first kappa shape index (κ1) is 16.6. The molecular formula is C12H17F3N2O2S. The first-order chi connectivity index (χ1) is 9.09. The Hall–Kier alpha value is -1.44. The average molecular weight is 310 g/mol. The molecule has 0 aromatic heterocycles. The molecular weight excluding hydrogens is 293 g/mol. The van der Waals surface area contributed by atoms with Gasteiger partial charge >= 0.3 is 5.51 Å². The van der Waals surface area contributed by atoms with Crippen molar-refractivity contribution in [2.45, 2.75) is 24.3 Å². The summed E-state index contributed by atoms with van der Waals surface area (Å²) in [5.41, 5.74) is -4.60. The van der Waals surface area contributed by atoms with Crippen molar-refractivity contribution in [1.29, 1.82) is 4.78 Å². The molecule has 1 atom stereocenters. The van der Waals surface area contributed by atoms with Gasteiger partial charge in [0.15, 0.2) is 9.73 Å². The minimum atomic E-state index is -5.11. The van der Waals surface area contributed by atoms with Crippen LogP contribution < -0.4 is 10.1 Å². The van der Waals surface area contributed by atoms with Gasteiger partial charge in [-0.2, -0.15) is 13.2 Å². The zero-order valence-corrected chi connectivity index (χ0v) is 12.2. The number of alkyl halides is 3. The summed E-state index contributed by atoms with van der Waals surface area (Å²) in [6.07, 6.45) is 0. The fourth-order valence-corrected chi connectivity index (χ4v) is 2.24. The second-order valence-electron chi connectivity index (χ2n) is 4.64. The highest BCUT2D eigenvalue weighted by molar-refractivity contribution is 7.93. The molecule has 1 aromatic carbocycles. The van der Waals surface area contributed by atoms with Gasteiger partial charge in [0.1, 0.15) is 5.75 Å². The minimum Gasteiger partial charge on any atom is -0.495 e. The Morgan fingerprint density at radius 2 is 2.00 bits per heavy atom. The van der Waals surface area contributed by atoms with Crippen LogP contribution in [0.4, 0.5) is 18.9 Å². The van der Waals surface area contributed by atoms with Crippen LogP contribution in [0.3, 0.4) is 0 Å². The SMILES string of the molecule is COc1cc([S@](=N)(=O)C(F)(F)F)ccc1NCC(C)C. The van der Waals surface area contributed by atoms with Crippen LogP contribution in [0.2, 0.25) is 0 Å². The third-order valence-electron chi connectivity index (χ3n) is 2.53. The topological polar surface area (TPSA) is 62.2 Å². The van der Waals surface area contributed by atoms with E-state index < -0.39 is 20.1 Å². The van der Waals surface area contributed by atoms with Gasteiger partial charge in [-0.25, -0.2) is 8.99 Å². The molecule has 0 radical (unpaired) electrons. The average Bonchev–Trinajstić information content (AvgIpc) is 2.34. The molecule has 20 heavy (non-hydrogen) atoms. The lowest BCUT2D eigenvalue weighted by atomic mass is 10.2. The highest BCUT2D eigenvalue weighted by atomic mass is 32.2. The van der Waals surface area contributed by atoms with Crippen molar-refractivity contribution in [2.75, 3.05) is 19.0 Å². The Morgan fingerprint density at radius 3 is 2.45 bits per heavy atom. The van der Waals surface area contributed by atoms with Crippen LogP contribution in [-0.2, 0) is 9.73 Å². The smallest absolute Gasteiger partial charge is 0.483 e. The van der Waals surface area contributed by atoms with E-state index in [1.807, 2.05) is 13.8 Å². The van der Waals surface area contributed by atoms with Crippen LogP contribution >= 0.6 is 0 Å². The molecule has 0 spiro atoms. The number of hydrogen-bond donors (Lipinski definition) is 2. The molecule has 0 bridgehead atoms. The Bertz CT molecular complexity index is 569. The third-order valence-corrected chi connectivity index (χ3v) is 4.10. The van der Waals surface area contributed by atoms with Gasteiger partial charge in [-0.1, -0.05) is 13.8 Å². The van der Waals surface area contributed by atoms with E-state index in [1.165, 1.54) is 13.2 Å². The predicted octanol–water partition coefficient (Wildman–Crippen LogP) is 3.69. The fraction of sp³-hybridized carbons (Fsp3) is 0.500. The number of benzene rings is 1. The molecule has 4 nitrogen and oxygen atoms in total. The Balaban J connectivity index is 3.17. The number of rotatable bonds is 5. The fourth-order valence-electron chi connectivity index (χ4n) is 1.44. The standard InChI is InChI=1S/C12H17F3N2O2S/c1-8(2)7-17-10-5-4-9(6-11(10)19-3)20(16,18)12(13,14)15/h4-6,8,16-17H,7H2,1-3H3/t20-/m0/s1. The van der Waals surface area contributed by atoms with Crippen LogP contribution in [-0.4, -0.2) is 23.4 Å². The van der Waals surface area contributed by atoms with Gasteiger partial charge in [-0.3, -0.25) is 0 Å². The number of ether oxygens (including phenoxy) is 1. The molecule has 0 amide bonds. The summed E-state index contributed by atoms with van der Waals surface area (Å²) in [7, 11) is -3.56. The molecule has 0 heterocycles. The largest absolute Gasteiger partial charge is 0.495 e.